The Labute approximate surface area is 209 Å². The summed E-state index contributed by atoms with van der Waals surface area (Å²) in [5.41, 5.74) is 3.36. The molecule has 1 fully saturated rings. The molecule has 2 N–H and O–H groups in total. The first-order valence-corrected chi connectivity index (χ1v) is 12.6. The number of piperazine rings is 1. The van der Waals surface area contributed by atoms with E-state index >= 15 is 0 Å². The molecule has 0 bridgehead atoms. The highest BCUT2D eigenvalue weighted by atomic mass is 32.2. The lowest BCUT2D eigenvalue weighted by atomic mass is 10.1. The fourth-order valence-electron chi connectivity index (χ4n) is 4.35. The highest BCUT2D eigenvalue weighted by Gasteiger charge is 2.28. The monoisotopic (exact) mass is 486 g/mol. The van der Waals surface area contributed by atoms with E-state index in [9.17, 15) is 0 Å². The maximum absolute atomic E-state index is 5.86. The Morgan fingerprint density at radius 2 is 1.59 bits per heavy atom. The van der Waals surface area contributed by atoms with Gasteiger partial charge in [0, 0.05) is 48.0 Å². The third-order valence-electron chi connectivity index (χ3n) is 6.09. The van der Waals surface area contributed by atoms with Gasteiger partial charge in [-0.15, -0.1) is 0 Å². The van der Waals surface area contributed by atoms with E-state index in [1.807, 2.05) is 24.3 Å². The van der Waals surface area contributed by atoms with Crippen LogP contribution in [-0.4, -0.2) is 52.8 Å². The van der Waals surface area contributed by atoms with Crippen LogP contribution in [0, 0.1) is 0 Å². The number of hydrogen-bond acceptors (Lipinski definition) is 6. The predicted octanol–water partition coefficient (Wildman–Crippen LogP) is 5.11. The van der Waals surface area contributed by atoms with Crippen LogP contribution >= 0.6 is 24.0 Å². The highest BCUT2D eigenvalue weighted by molar-refractivity contribution is 7.99. The first kappa shape index (κ1) is 22.6. The summed E-state index contributed by atoms with van der Waals surface area (Å²) < 4.78 is 0. The first-order valence-electron chi connectivity index (χ1n) is 11.4. The smallest absolute Gasteiger partial charge is 0.137 e. The number of aliphatic imine (C=N–C) groups is 1. The molecular formula is C26H26N6S2. The zero-order valence-corrected chi connectivity index (χ0v) is 20.4. The van der Waals surface area contributed by atoms with Gasteiger partial charge in [0.1, 0.15) is 16.9 Å². The lowest BCUT2D eigenvalue weighted by Crippen LogP contribution is -2.52. The standard InChI is InChI=1S/C26H26N6S2/c27-30-29-22(18-19-8-2-1-3-9-19)26(33)32-16-14-31(15-17-32)25-20-10-4-6-12-23(20)34-24-13-7-5-11-21(24)28-25/h1-13,22H,14-18H2,(H2,27,29). The molecule has 0 amide bonds. The van der Waals surface area contributed by atoms with Crippen molar-refractivity contribution in [3.05, 3.63) is 90.0 Å². The molecule has 0 saturated carbocycles. The van der Waals surface area contributed by atoms with Crippen LogP contribution in [0.3, 0.4) is 0 Å². The van der Waals surface area contributed by atoms with Gasteiger partial charge in [0.15, 0.2) is 0 Å². The second-order valence-electron chi connectivity index (χ2n) is 8.25. The summed E-state index contributed by atoms with van der Waals surface area (Å²) >= 11 is 7.64. The molecule has 0 aromatic heterocycles. The van der Waals surface area contributed by atoms with Gasteiger partial charge >= 0.3 is 0 Å². The van der Waals surface area contributed by atoms with Crippen LogP contribution < -0.4 is 5.84 Å². The molecule has 2 aliphatic heterocycles. The van der Waals surface area contributed by atoms with E-state index in [2.05, 4.69) is 74.7 Å². The van der Waals surface area contributed by atoms with Gasteiger partial charge in [-0.05, 0) is 23.8 Å². The number of hydrogen-bond donors (Lipinski definition) is 1. The van der Waals surface area contributed by atoms with E-state index < -0.39 is 0 Å². The number of amidine groups is 1. The summed E-state index contributed by atoms with van der Waals surface area (Å²) in [7, 11) is 0. The summed E-state index contributed by atoms with van der Waals surface area (Å²) in [5.74, 6) is 6.45. The number of para-hydroxylation sites is 1. The summed E-state index contributed by atoms with van der Waals surface area (Å²) in [6, 6.07) is 26.8. The van der Waals surface area contributed by atoms with Crippen molar-refractivity contribution in [2.45, 2.75) is 22.3 Å². The number of fused-ring (bicyclic) bond motifs is 2. The van der Waals surface area contributed by atoms with E-state index in [-0.39, 0.29) is 6.04 Å². The van der Waals surface area contributed by atoms with Gasteiger partial charge < -0.3 is 15.6 Å². The summed E-state index contributed by atoms with van der Waals surface area (Å²) in [5, 5.41) is 7.82. The average molecular weight is 487 g/mol. The van der Waals surface area contributed by atoms with Crippen LogP contribution in [0.5, 0.6) is 0 Å². The van der Waals surface area contributed by atoms with Crippen LogP contribution in [0.1, 0.15) is 11.1 Å². The minimum absolute atomic E-state index is 0.242. The van der Waals surface area contributed by atoms with E-state index in [4.69, 9.17) is 23.1 Å². The molecule has 1 atom stereocenters. The predicted molar refractivity (Wildman–Crippen MR) is 142 cm³/mol. The Morgan fingerprint density at radius 1 is 0.912 bits per heavy atom. The maximum atomic E-state index is 5.86. The molecule has 1 saturated heterocycles. The zero-order chi connectivity index (χ0) is 23.3. The summed E-state index contributed by atoms with van der Waals surface area (Å²) in [6.45, 7) is 3.27. The Kier molecular flexibility index (Phi) is 6.87. The Hall–Kier alpha value is -3.23. The Morgan fingerprint density at radius 3 is 2.35 bits per heavy atom. The van der Waals surface area contributed by atoms with E-state index in [0.717, 1.165) is 42.7 Å². The molecule has 3 aromatic carbocycles. The molecule has 34 heavy (non-hydrogen) atoms. The average Bonchev–Trinajstić information content (AvgIpc) is 3.05. The van der Waals surface area contributed by atoms with Crippen LogP contribution in [-0.2, 0) is 6.42 Å². The Balaban J connectivity index is 1.33. The van der Waals surface area contributed by atoms with Gasteiger partial charge in [0.25, 0.3) is 0 Å². The van der Waals surface area contributed by atoms with Crippen molar-refractivity contribution >= 4 is 40.5 Å². The number of nitrogens with zero attached hydrogens (tertiary/aromatic N) is 5. The van der Waals surface area contributed by atoms with Crippen LogP contribution in [0.25, 0.3) is 0 Å². The van der Waals surface area contributed by atoms with Crippen molar-refractivity contribution in [3.63, 3.8) is 0 Å². The SMILES string of the molecule is NN=NC(Cc1ccccc1)C(=S)N1CCN(C2=Nc3ccccc3Sc3ccccc32)CC1. The molecule has 2 heterocycles. The molecule has 6 nitrogen and oxygen atoms in total. The third kappa shape index (κ3) is 4.83. The molecule has 5 rings (SSSR count). The lowest BCUT2D eigenvalue weighted by molar-refractivity contribution is 0.257. The highest BCUT2D eigenvalue weighted by Crippen LogP contribution is 2.40. The largest absolute Gasteiger partial charge is 0.361 e. The third-order valence-corrected chi connectivity index (χ3v) is 7.76. The van der Waals surface area contributed by atoms with Gasteiger partial charge in [-0.1, -0.05) is 89.9 Å². The topological polar surface area (TPSA) is 69.6 Å². The minimum Gasteiger partial charge on any atom is -0.361 e. The molecule has 0 spiro atoms. The van der Waals surface area contributed by atoms with Crippen LogP contribution in [0.4, 0.5) is 5.69 Å². The molecule has 3 aromatic rings. The van der Waals surface area contributed by atoms with Crippen molar-refractivity contribution in [1.82, 2.24) is 9.80 Å². The zero-order valence-electron chi connectivity index (χ0n) is 18.7. The van der Waals surface area contributed by atoms with Gasteiger partial charge in [0.2, 0.25) is 0 Å². The van der Waals surface area contributed by atoms with Gasteiger partial charge in [-0.2, -0.15) is 5.11 Å². The molecular weight excluding hydrogens is 460 g/mol. The van der Waals surface area contributed by atoms with E-state index in [1.54, 1.807) is 11.8 Å². The van der Waals surface area contributed by atoms with Crippen molar-refractivity contribution in [2.75, 3.05) is 26.2 Å². The molecule has 8 heteroatoms. The molecule has 0 radical (unpaired) electrons. The number of nitrogens with two attached hydrogens (primary N) is 1. The van der Waals surface area contributed by atoms with Crippen LogP contribution in [0.2, 0.25) is 0 Å². The van der Waals surface area contributed by atoms with Gasteiger partial charge in [-0.3, -0.25) is 0 Å². The van der Waals surface area contributed by atoms with E-state index in [0.29, 0.717) is 6.42 Å². The fraction of sp³-hybridized carbons (Fsp3) is 0.231. The Bertz CT molecular complexity index is 1220. The summed E-state index contributed by atoms with van der Waals surface area (Å²) in [6.07, 6.45) is 0.689. The molecule has 2 aliphatic rings. The van der Waals surface area contributed by atoms with Gasteiger partial charge in [0.05, 0.1) is 5.69 Å². The van der Waals surface area contributed by atoms with E-state index in [1.165, 1.54) is 20.9 Å². The van der Waals surface area contributed by atoms with Gasteiger partial charge in [-0.25, -0.2) is 4.99 Å². The maximum Gasteiger partial charge on any atom is 0.137 e. The molecule has 172 valence electrons. The van der Waals surface area contributed by atoms with Crippen molar-refractivity contribution < 1.29 is 0 Å². The van der Waals surface area contributed by atoms with Crippen molar-refractivity contribution in [1.29, 1.82) is 0 Å². The van der Waals surface area contributed by atoms with Crippen molar-refractivity contribution in [2.24, 2.45) is 21.2 Å². The number of rotatable bonds is 4. The number of benzene rings is 3. The first-order chi connectivity index (χ1) is 16.7. The van der Waals surface area contributed by atoms with Crippen molar-refractivity contribution in [3.8, 4) is 0 Å². The minimum atomic E-state index is -0.242. The fourth-order valence-corrected chi connectivity index (χ4v) is 5.69. The second-order valence-corrected chi connectivity index (χ2v) is 9.75. The molecule has 1 unspecified atom stereocenters. The lowest BCUT2D eigenvalue weighted by Gasteiger charge is -2.39. The molecule has 0 aliphatic carbocycles. The summed E-state index contributed by atoms with van der Waals surface area (Å²) in [4.78, 5) is 12.9. The number of thiocarbonyl (C=S) groups is 1. The second kappa shape index (κ2) is 10.4. The van der Waals surface area contributed by atoms with Crippen LogP contribution in [0.15, 0.2) is 104 Å². The normalized spacial score (nSPS) is 16.4. The quantitative estimate of drug-likeness (QED) is 0.240.